The molecule has 2 aromatic rings. The minimum absolute atomic E-state index is 0.0925. The first kappa shape index (κ1) is 23.5. The van der Waals surface area contributed by atoms with Crippen molar-refractivity contribution in [2.45, 2.75) is 62.2 Å². The van der Waals surface area contributed by atoms with Crippen molar-refractivity contribution in [1.82, 2.24) is 4.31 Å². The van der Waals surface area contributed by atoms with Crippen LogP contribution in [0.3, 0.4) is 0 Å². The fourth-order valence-electron chi connectivity index (χ4n) is 5.98. The zero-order valence-electron chi connectivity index (χ0n) is 20.3. The predicted molar refractivity (Wildman–Crippen MR) is 125 cm³/mol. The number of methoxy groups -OCH3 is 1. The number of para-hydroxylation sites is 1. The number of carbonyl (C=O) groups excluding carboxylic acids is 3. The average Bonchev–Trinajstić information content (AvgIpc) is 3.09. The lowest BCUT2D eigenvalue weighted by molar-refractivity contribution is -0.184. The minimum atomic E-state index is -4.30. The van der Waals surface area contributed by atoms with Gasteiger partial charge in [-0.15, -0.1) is 0 Å². The van der Waals surface area contributed by atoms with Crippen LogP contribution in [0.5, 0.6) is 0 Å². The number of rotatable bonds is 2. The molecule has 0 aromatic heterocycles. The molecule has 35 heavy (non-hydrogen) atoms. The fourth-order valence-corrected chi connectivity index (χ4v) is 8.11. The van der Waals surface area contributed by atoms with Gasteiger partial charge in [-0.05, 0) is 52.3 Å². The third kappa shape index (κ3) is 2.51. The lowest BCUT2D eigenvalue weighted by atomic mass is 9.53. The first-order valence-corrected chi connectivity index (χ1v) is 12.6. The average molecular weight is 499 g/mol. The summed E-state index contributed by atoms with van der Waals surface area (Å²) in [7, 11) is -3.14. The molecule has 1 saturated heterocycles. The Labute approximate surface area is 203 Å². The number of aryl methyl sites for hydroxylation is 1. The summed E-state index contributed by atoms with van der Waals surface area (Å²) in [6.07, 6.45) is -2.16. The smallest absolute Gasteiger partial charge is 0.416 e. The van der Waals surface area contributed by atoms with Crippen molar-refractivity contribution < 1.29 is 32.3 Å². The van der Waals surface area contributed by atoms with Crippen molar-refractivity contribution in [2.75, 3.05) is 12.0 Å². The van der Waals surface area contributed by atoms with Crippen molar-refractivity contribution in [3.8, 4) is 0 Å². The Bertz CT molecular complexity index is 1430. The van der Waals surface area contributed by atoms with E-state index in [-0.39, 0.29) is 10.5 Å². The second-order valence-electron chi connectivity index (χ2n) is 10.1. The number of nitrogens with zero attached hydrogens (tertiary/aromatic N) is 2. The van der Waals surface area contributed by atoms with Gasteiger partial charge in [0.1, 0.15) is 23.0 Å². The van der Waals surface area contributed by atoms with Gasteiger partial charge in [0.15, 0.2) is 5.54 Å². The summed E-state index contributed by atoms with van der Waals surface area (Å²) < 4.78 is 39.6. The van der Waals surface area contributed by atoms with Crippen molar-refractivity contribution in [2.24, 2.45) is 0 Å². The van der Waals surface area contributed by atoms with Crippen molar-refractivity contribution >= 4 is 33.6 Å². The SMILES string of the molecule is COC(=O)[C@]12c3cc(C)ccc3S(=O)(=O)N1C1N(C(=O)OC(C)(C)C)c3ccccc3C12C(C)=O. The highest BCUT2D eigenvalue weighted by molar-refractivity contribution is 7.89. The molecule has 0 saturated carbocycles. The predicted octanol–water partition coefficient (Wildman–Crippen LogP) is 2.99. The lowest BCUT2D eigenvalue weighted by Crippen LogP contribution is -2.85. The van der Waals surface area contributed by atoms with Crippen LogP contribution in [0.1, 0.15) is 44.4 Å². The zero-order valence-corrected chi connectivity index (χ0v) is 21.1. The first-order chi connectivity index (χ1) is 16.3. The van der Waals surface area contributed by atoms with Crippen LogP contribution in [-0.4, -0.2) is 49.4 Å². The van der Waals surface area contributed by atoms with Gasteiger partial charge in [-0.1, -0.05) is 35.9 Å². The van der Waals surface area contributed by atoms with E-state index in [1.807, 2.05) is 0 Å². The molecule has 0 spiro atoms. The number of esters is 1. The van der Waals surface area contributed by atoms with Gasteiger partial charge in [0.05, 0.1) is 17.7 Å². The molecule has 10 heteroatoms. The number of sulfonamides is 1. The number of carbonyl (C=O) groups is 3. The van der Waals surface area contributed by atoms with E-state index >= 15 is 0 Å². The monoisotopic (exact) mass is 498 g/mol. The number of anilines is 1. The highest BCUT2D eigenvalue weighted by atomic mass is 32.2. The summed E-state index contributed by atoms with van der Waals surface area (Å²) >= 11 is 0. The van der Waals surface area contributed by atoms with Gasteiger partial charge in [-0.3, -0.25) is 9.69 Å². The third-order valence-corrected chi connectivity index (χ3v) is 8.93. The third-order valence-electron chi connectivity index (χ3n) is 7.03. The summed E-state index contributed by atoms with van der Waals surface area (Å²) in [6.45, 7) is 8.15. The van der Waals surface area contributed by atoms with Crippen LogP contribution in [0.4, 0.5) is 10.5 Å². The second kappa shape index (κ2) is 6.92. The van der Waals surface area contributed by atoms with Gasteiger partial charge in [-0.2, -0.15) is 4.31 Å². The maximum absolute atomic E-state index is 13.9. The molecule has 0 bridgehead atoms. The number of ketones is 1. The molecular weight excluding hydrogens is 472 g/mol. The largest absolute Gasteiger partial charge is 0.467 e. The molecule has 3 aliphatic heterocycles. The number of amides is 1. The van der Waals surface area contributed by atoms with Gasteiger partial charge in [-0.25, -0.2) is 18.0 Å². The summed E-state index contributed by atoms with van der Waals surface area (Å²) in [5, 5.41) is 0. The highest BCUT2D eigenvalue weighted by Crippen LogP contribution is 2.72. The standard InChI is InChI=1S/C25H26N2O7S/c1-14-11-12-19-17(13-14)25(21(29)33-6)24(15(2)28)16-9-7-8-10-18(16)26(22(30)34-23(3,4)5)20(24)27(25)35(19,31)32/h7-13,20H,1-6H3/t20?,24?,25-/m0/s1. The quantitative estimate of drug-likeness (QED) is 0.586. The minimum Gasteiger partial charge on any atom is -0.467 e. The molecule has 0 aliphatic carbocycles. The molecule has 9 nitrogen and oxygen atoms in total. The van der Waals surface area contributed by atoms with Crippen molar-refractivity contribution in [1.29, 1.82) is 0 Å². The van der Waals surface area contributed by atoms with Crippen LogP contribution in [0, 0.1) is 6.92 Å². The molecule has 184 valence electrons. The Morgan fingerprint density at radius 1 is 1.03 bits per heavy atom. The van der Waals surface area contributed by atoms with Gasteiger partial charge in [0.25, 0.3) is 0 Å². The van der Waals surface area contributed by atoms with Crippen molar-refractivity contribution in [3.05, 3.63) is 59.2 Å². The molecule has 3 heterocycles. The normalized spacial score (nSPS) is 27.7. The lowest BCUT2D eigenvalue weighted by Gasteiger charge is -2.62. The number of ether oxygens (including phenoxy) is 2. The van der Waals surface area contributed by atoms with E-state index in [0.29, 0.717) is 16.8 Å². The Balaban J connectivity index is 1.91. The van der Waals surface area contributed by atoms with Crippen molar-refractivity contribution in [3.63, 3.8) is 0 Å². The topological polar surface area (TPSA) is 110 Å². The Hall–Kier alpha value is -3.24. The maximum atomic E-state index is 13.9. The molecule has 0 radical (unpaired) electrons. The number of fused-ring (bicyclic) bond motifs is 8. The number of hydrogen-bond donors (Lipinski definition) is 0. The van der Waals surface area contributed by atoms with Gasteiger partial charge in [0, 0.05) is 5.56 Å². The highest BCUT2D eigenvalue weighted by Gasteiger charge is 2.89. The molecule has 5 rings (SSSR count). The summed E-state index contributed by atoms with van der Waals surface area (Å²) in [4.78, 5) is 42.0. The van der Waals surface area contributed by atoms with Gasteiger partial charge in [0.2, 0.25) is 10.0 Å². The Morgan fingerprint density at radius 2 is 1.69 bits per heavy atom. The Kier molecular flexibility index (Phi) is 4.64. The maximum Gasteiger partial charge on any atom is 0.416 e. The van der Waals surface area contributed by atoms with Crippen LogP contribution in [0.25, 0.3) is 0 Å². The molecule has 0 N–H and O–H groups in total. The van der Waals surface area contributed by atoms with E-state index in [0.717, 1.165) is 11.4 Å². The van der Waals surface area contributed by atoms with E-state index in [1.54, 1.807) is 64.1 Å². The number of benzene rings is 2. The van der Waals surface area contributed by atoms with E-state index in [2.05, 4.69) is 0 Å². The zero-order chi connectivity index (χ0) is 25.7. The van der Waals surface area contributed by atoms with Gasteiger partial charge < -0.3 is 9.47 Å². The van der Waals surface area contributed by atoms with Crippen LogP contribution in [0.15, 0.2) is 47.4 Å². The molecule has 3 atom stereocenters. The van der Waals surface area contributed by atoms with Crippen LogP contribution in [0.2, 0.25) is 0 Å². The molecule has 2 aromatic carbocycles. The summed E-state index contributed by atoms with van der Waals surface area (Å²) in [5.74, 6) is -1.36. The van der Waals surface area contributed by atoms with E-state index in [1.165, 1.54) is 17.9 Å². The van der Waals surface area contributed by atoms with Crippen LogP contribution < -0.4 is 4.90 Å². The first-order valence-electron chi connectivity index (χ1n) is 11.1. The fraction of sp³-hybridized carbons (Fsp3) is 0.400. The van der Waals surface area contributed by atoms with Crippen LogP contribution >= 0.6 is 0 Å². The Morgan fingerprint density at radius 3 is 2.29 bits per heavy atom. The molecular formula is C25H26N2O7S. The van der Waals surface area contributed by atoms with E-state index in [9.17, 15) is 22.8 Å². The second-order valence-corrected chi connectivity index (χ2v) is 11.9. The molecule has 3 aliphatic rings. The van der Waals surface area contributed by atoms with E-state index < -0.39 is 50.6 Å². The van der Waals surface area contributed by atoms with E-state index in [4.69, 9.17) is 9.47 Å². The van der Waals surface area contributed by atoms with Crippen LogP contribution in [-0.2, 0) is 40.0 Å². The molecule has 1 amide bonds. The molecule has 2 unspecified atom stereocenters. The van der Waals surface area contributed by atoms with Gasteiger partial charge >= 0.3 is 12.1 Å². The molecule has 1 fully saturated rings. The summed E-state index contributed by atoms with van der Waals surface area (Å²) in [5.41, 5.74) is -3.08. The summed E-state index contributed by atoms with van der Waals surface area (Å²) in [6, 6.07) is 11.3. The number of hydrogen-bond acceptors (Lipinski definition) is 7. The number of Topliss-reactive ketones (excluding diaryl/α,β-unsaturated/α-hetero) is 1.